The Hall–Kier alpha value is -2.57. The van der Waals surface area contributed by atoms with Crippen LogP contribution < -0.4 is 9.47 Å². The predicted octanol–water partition coefficient (Wildman–Crippen LogP) is 2.54. The lowest BCUT2D eigenvalue weighted by Crippen LogP contribution is -2.25. The van der Waals surface area contributed by atoms with Gasteiger partial charge < -0.3 is 24.3 Å². The number of aromatic nitrogens is 2. The zero-order chi connectivity index (χ0) is 17.8. The van der Waals surface area contributed by atoms with Crippen LogP contribution in [0.4, 0.5) is 0 Å². The van der Waals surface area contributed by atoms with Gasteiger partial charge in [0.1, 0.15) is 36.1 Å². The third-order valence-electron chi connectivity index (χ3n) is 3.93. The second-order valence-corrected chi connectivity index (χ2v) is 5.89. The quantitative estimate of drug-likeness (QED) is 0.690. The molecule has 3 rings (SSSR count). The number of ether oxygens (including phenoxy) is 2. The van der Waals surface area contributed by atoms with Crippen molar-refractivity contribution in [2.45, 2.75) is 25.7 Å². The molecule has 0 fully saturated rings. The number of nitrogens with zero attached hydrogens (tertiary/aromatic N) is 2. The summed E-state index contributed by atoms with van der Waals surface area (Å²) in [4.78, 5) is 4.45. The molecule has 0 bridgehead atoms. The lowest BCUT2D eigenvalue weighted by molar-refractivity contribution is 0.0894. The predicted molar refractivity (Wildman–Crippen MR) is 94.9 cm³/mol. The van der Waals surface area contributed by atoms with E-state index in [9.17, 15) is 10.2 Å². The minimum atomic E-state index is -0.749. The first-order chi connectivity index (χ1) is 12.1. The zero-order valence-electron chi connectivity index (χ0n) is 14.3. The summed E-state index contributed by atoms with van der Waals surface area (Å²) in [5, 5.41) is 20.4. The monoisotopic (exact) mass is 342 g/mol. The van der Waals surface area contributed by atoms with Crippen LogP contribution in [-0.4, -0.2) is 39.6 Å². The van der Waals surface area contributed by atoms with Crippen molar-refractivity contribution in [3.05, 3.63) is 54.4 Å². The van der Waals surface area contributed by atoms with Gasteiger partial charge in [0.25, 0.3) is 0 Å². The van der Waals surface area contributed by atoms with Crippen LogP contribution in [0.1, 0.15) is 18.9 Å². The molecule has 25 heavy (non-hydrogen) atoms. The highest BCUT2D eigenvalue weighted by Crippen LogP contribution is 2.22. The molecule has 1 heterocycles. The summed E-state index contributed by atoms with van der Waals surface area (Å²) >= 11 is 0. The highest BCUT2D eigenvalue weighted by Gasteiger charge is 2.17. The summed E-state index contributed by atoms with van der Waals surface area (Å²) < 4.78 is 12.6. The highest BCUT2D eigenvalue weighted by atomic mass is 16.5. The van der Waals surface area contributed by atoms with Crippen LogP contribution in [0.25, 0.3) is 11.0 Å². The van der Waals surface area contributed by atoms with Crippen LogP contribution in [0, 0.1) is 0 Å². The van der Waals surface area contributed by atoms with Gasteiger partial charge in [-0.25, -0.2) is 4.98 Å². The molecule has 0 unspecified atom stereocenters. The normalized spacial score (nSPS) is 13.6. The van der Waals surface area contributed by atoms with Gasteiger partial charge in [-0.1, -0.05) is 18.2 Å². The third-order valence-corrected chi connectivity index (χ3v) is 3.93. The first-order valence-electron chi connectivity index (χ1n) is 8.16. The maximum absolute atomic E-state index is 10.4. The first-order valence-corrected chi connectivity index (χ1v) is 8.16. The van der Waals surface area contributed by atoms with Crippen LogP contribution in [0.15, 0.2) is 48.5 Å². The largest absolute Gasteiger partial charge is 0.497 e. The van der Waals surface area contributed by atoms with Crippen molar-refractivity contribution >= 4 is 11.0 Å². The van der Waals surface area contributed by atoms with Gasteiger partial charge in [0.05, 0.1) is 24.7 Å². The van der Waals surface area contributed by atoms with Crippen molar-refractivity contribution in [1.29, 1.82) is 0 Å². The minimum absolute atomic E-state index is 0.124. The molecule has 2 N–H and O–H groups in total. The number of aliphatic hydroxyl groups is 2. The zero-order valence-corrected chi connectivity index (χ0v) is 14.3. The summed E-state index contributed by atoms with van der Waals surface area (Å²) in [7, 11) is 1.59. The topological polar surface area (TPSA) is 76.7 Å². The van der Waals surface area contributed by atoms with Crippen molar-refractivity contribution < 1.29 is 19.7 Å². The number of hydrogen-bond acceptors (Lipinski definition) is 5. The molecule has 0 radical (unpaired) electrons. The molecular weight excluding hydrogens is 320 g/mol. The molecule has 6 nitrogen and oxygen atoms in total. The lowest BCUT2D eigenvalue weighted by atomic mass is 10.3. The van der Waals surface area contributed by atoms with Crippen molar-refractivity contribution in [1.82, 2.24) is 9.55 Å². The van der Waals surface area contributed by atoms with E-state index in [0.717, 1.165) is 11.0 Å². The summed E-state index contributed by atoms with van der Waals surface area (Å²) in [5.74, 6) is 1.86. The molecule has 2 atom stereocenters. The van der Waals surface area contributed by atoms with E-state index in [0.29, 0.717) is 17.3 Å². The molecule has 0 aliphatic heterocycles. The second kappa shape index (κ2) is 7.55. The van der Waals surface area contributed by atoms with Gasteiger partial charge in [-0.2, -0.15) is 0 Å². The lowest BCUT2D eigenvalue weighted by Gasteiger charge is -2.16. The Morgan fingerprint density at radius 3 is 2.60 bits per heavy atom. The average molecular weight is 342 g/mol. The number of imidazole rings is 1. The van der Waals surface area contributed by atoms with Gasteiger partial charge in [0.15, 0.2) is 0 Å². The Morgan fingerprint density at radius 2 is 1.84 bits per heavy atom. The van der Waals surface area contributed by atoms with Crippen LogP contribution in [-0.2, 0) is 6.54 Å². The molecular formula is C19H22N2O4. The van der Waals surface area contributed by atoms with Crippen molar-refractivity contribution in [2.75, 3.05) is 13.7 Å². The van der Waals surface area contributed by atoms with Gasteiger partial charge in [0, 0.05) is 6.07 Å². The smallest absolute Gasteiger partial charge is 0.138 e. The maximum Gasteiger partial charge on any atom is 0.138 e. The molecule has 0 aliphatic carbocycles. The standard InChI is InChI=1S/C19H22N2O4/c1-13(22)19-20-17-8-3-4-9-18(17)21(19)11-14(23)12-25-16-7-5-6-15(10-16)24-2/h3-10,13-14,22-23H,11-12H2,1-2H3/t13-,14+/m1/s1. The van der Waals surface area contributed by atoms with E-state index >= 15 is 0 Å². The SMILES string of the molecule is COc1cccc(OC[C@@H](O)Cn2c([C@@H](C)O)nc3ccccc32)c1. The van der Waals surface area contributed by atoms with Crippen LogP contribution in [0.5, 0.6) is 11.5 Å². The van der Waals surface area contributed by atoms with E-state index in [2.05, 4.69) is 4.98 Å². The van der Waals surface area contributed by atoms with Gasteiger partial charge in [-0.05, 0) is 31.2 Å². The Kier molecular flexibility index (Phi) is 5.21. The van der Waals surface area contributed by atoms with Crippen LogP contribution in [0.3, 0.4) is 0 Å². The Labute approximate surface area is 146 Å². The molecule has 0 amide bonds. The fourth-order valence-corrected chi connectivity index (χ4v) is 2.75. The van der Waals surface area contributed by atoms with Crippen molar-refractivity contribution in [3.63, 3.8) is 0 Å². The molecule has 0 spiro atoms. The van der Waals surface area contributed by atoms with Gasteiger partial charge in [-0.15, -0.1) is 0 Å². The number of rotatable bonds is 7. The van der Waals surface area contributed by atoms with Gasteiger partial charge in [0.2, 0.25) is 0 Å². The number of fused-ring (bicyclic) bond motifs is 1. The second-order valence-electron chi connectivity index (χ2n) is 5.89. The van der Waals surface area contributed by atoms with E-state index in [4.69, 9.17) is 9.47 Å². The summed E-state index contributed by atoms with van der Waals surface area (Å²) in [6, 6.07) is 14.8. The summed E-state index contributed by atoms with van der Waals surface area (Å²) in [6.45, 7) is 2.07. The average Bonchev–Trinajstić information content (AvgIpc) is 2.99. The third kappa shape index (κ3) is 3.92. The molecule has 132 valence electrons. The van der Waals surface area contributed by atoms with Crippen molar-refractivity contribution in [2.24, 2.45) is 0 Å². The molecule has 3 aromatic rings. The van der Waals surface area contributed by atoms with E-state index in [1.807, 2.05) is 47.0 Å². The van der Waals surface area contributed by atoms with E-state index in [-0.39, 0.29) is 13.2 Å². The van der Waals surface area contributed by atoms with Gasteiger partial charge >= 0.3 is 0 Å². The van der Waals surface area contributed by atoms with E-state index in [1.165, 1.54) is 0 Å². The van der Waals surface area contributed by atoms with E-state index in [1.54, 1.807) is 20.1 Å². The highest BCUT2D eigenvalue weighted by molar-refractivity contribution is 5.76. The fraction of sp³-hybridized carbons (Fsp3) is 0.316. The summed E-state index contributed by atoms with van der Waals surface area (Å²) in [5.41, 5.74) is 1.66. The van der Waals surface area contributed by atoms with Crippen molar-refractivity contribution in [3.8, 4) is 11.5 Å². The first kappa shape index (κ1) is 17.3. The van der Waals surface area contributed by atoms with Crippen LogP contribution >= 0.6 is 0 Å². The Morgan fingerprint density at radius 1 is 1.08 bits per heavy atom. The molecule has 0 saturated heterocycles. The maximum atomic E-state index is 10.4. The molecule has 6 heteroatoms. The number of aliphatic hydroxyl groups excluding tert-OH is 2. The fourth-order valence-electron chi connectivity index (χ4n) is 2.75. The number of para-hydroxylation sites is 2. The Balaban J connectivity index is 1.73. The number of methoxy groups -OCH3 is 1. The Bertz CT molecular complexity index is 844. The number of benzene rings is 2. The number of hydrogen-bond donors (Lipinski definition) is 2. The molecule has 1 aromatic heterocycles. The molecule has 0 aliphatic rings. The van der Waals surface area contributed by atoms with Gasteiger partial charge in [-0.3, -0.25) is 0 Å². The minimum Gasteiger partial charge on any atom is -0.497 e. The molecule has 0 saturated carbocycles. The molecule has 2 aromatic carbocycles. The summed E-state index contributed by atoms with van der Waals surface area (Å²) in [6.07, 6.45) is -1.47. The van der Waals surface area contributed by atoms with E-state index < -0.39 is 12.2 Å². The van der Waals surface area contributed by atoms with Crippen LogP contribution in [0.2, 0.25) is 0 Å².